The van der Waals surface area contributed by atoms with Gasteiger partial charge in [0, 0.05) is 76.8 Å². The Labute approximate surface area is 464 Å². The largest absolute Gasteiger partial charge is 0.464 e. The molecule has 0 saturated carbocycles. The van der Waals surface area contributed by atoms with Crippen molar-refractivity contribution in [1.29, 1.82) is 0 Å². The van der Waals surface area contributed by atoms with Crippen LogP contribution in [0.5, 0.6) is 0 Å². The van der Waals surface area contributed by atoms with Crippen LogP contribution in [0, 0.1) is 0 Å². The lowest BCUT2D eigenvalue weighted by Crippen LogP contribution is -2.47. The molecule has 0 aromatic carbocycles. The number of piperazine rings is 1. The molecular weight excluding hydrogens is 957 g/mol. The SMILES string of the molecule is CC/C=C\C/C=C\C/C=C\CCCCCCC(O)CN(CCCCSSCCN1CCN(CCOC(=O)CCCCNCC(O)CCCCCCCC)CC1)CC(O)CCCCCC/C=C\C/C=C\C/C=C\CC. The van der Waals surface area contributed by atoms with E-state index in [1.165, 1.54) is 57.8 Å². The third kappa shape index (κ3) is 49.9. The number of hydrogen-bond acceptors (Lipinski definition) is 11. The molecule has 0 aromatic rings. The van der Waals surface area contributed by atoms with Crippen molar-refractivity contribution in [2.24, 2.45) is 0 Å². The van der Waals surface area contributed by atoms with Gasteiger partial charge in [-0.2, -0.15) is 0 Å². The van der Waals surface area contributed by atoms with Gasteiger partial charge in [0.25, 0.3) is 0 Å². The average molecular weight is 1070 g/mol. The summed E-state index contributed by atoms with van der Waals surface area (Å²) in [4.78, 5) is 19.6. The van der Waals surface area contributed by atoms with Crippen LogP contribution in [-0.2, 0) is 9.53 Å². The standard InChI is InChI=1S/C63H116N4O5S2/c1-4-7-10-13-16-18-20-22-24-26-28-30-33-36-43-61(69)58-67(59-62(70)44-37-34-31-29-27-25-23-21-19-17-14-11-8-5-2)47-40-41-55-73-74-56-53-66-50-48-65(49-51-66)52-54-72-63(71)45-38-39-46-64-57-60(68)42-35-32-15-12-9-6-3/h7-8,10-11,16-19,22-25,60-62,64,68-70H,4-6,9,12-15,20-21,26-59H2,1-3H3/b10-7-,11-8-,18-16-,19-17-,24-22-,25-23-. The molecule has 4 N–H and O–H groups in total. The van der Waals surface area contributed by atoms with Crippen LogP contribution in [0.25, 0.3) is 0 Å². The highest BCUT2D eigenvalue weighted by atomic mass is 33.1. The molecule has 9 nitrogen and oxygen atoms in total. The van der Waals surface area contributed by atoms with Crippen molar-refractivity contribution in [3.05, 3.63) is 72.9 Å². The predicted octanol–water partition coefficient (Wildman–Crippen LogP) is 14.6. The molecule has 1 saturated heterocycles. The number of nitrogens with zero attached hydrogens (tertiary/aromatic N) is 3. The van der Waals surface area contributed by atoms with Crippen molar-refractivity contribution in [2.45, 2.75) is 232 Å². The lowest BCUT2D eigenvalue weighted by atomic mass is 10.1. The maximum atomic E-state index is 12.3. The molecule has 3 unspecified atom stereocenters. The summed E-state index contributed by atoms with van der Waals surface area (Å²) in [5, 5.41) is 35.7. The number of allylic oxidation sites excluding steroid dienone is 12. The zero-order valence-electron chi connectivity index (χ0n) is 48.1. The number of hydrogen-bond donors (Lipinski definition) is 4. The number of ether oxygens (including phenoxy) is 1. The number of carbonyl (C=O) groups is 1. The van der Waals surface area contributed by atoms with Gasteiger partial charge in [0.15, 0.2) is 0 Å². The number of esters is 1. The lowest BCUT2D eigenvalue weighted by molar-refractivity contribution is -0.144. The second kappa shape index (κ2) is 56.1. The zero-order chi connectivity index (χ0) is 53.5. The molecule has 1 aliphatic rings. The van der Waals surface area contributed by atoms with Gasteiger partial charge in [-0.25, -0.2) is 0 Å². The molecule has 0 radical (unpaired) electrons. The van der Waals surface area contributed by atoms with Crippen molar-refractivity contribution < 1.29 is 24.9 Å². The summed E-state index contributed by atoms with van der Waals surface area (Å²) in [5.74, 6) is 2.15. The summed E-state index contributed by atoms with van der Waals surface area (Å²) in [6, 6.07) is 0. The molecule has 1 fully saturated rings. The lowest BCUT2D eigenvalue weighted by Gasteiger charge is -2.34. The van der Waals surface area contributed by atoms with E-state index in [0.717, 1.165) is 192 Å². The van der Waals surface area contributed by atoms with Crippen LogP contribution in [0.4, 0.5) is 0 Å². The van der Waals surface area contributed by atoms with Gasteiger partial charge in [-0.05, 0) is 122 Å². The molecule has 0 aromatic heterocycles. The predicted molar refractivity (Wildman–Crippen MR) is 326 cm³/mol. The van der Waals surface area contributed by atoms with Crippen molar-refractivity contribution >= 4 is 27.6 Å². The fraction of sp³-hybridized carbons (Fsp3) is 0.794. The number of carbonyl (C=O) groups excluding carboxylic acids is 1. The normalized spacial score (nSPS) is 15.5. The second-order valence-corrected chi connectivity index (χ2v) is 23.5. The molecule has 3 atom stereocenters. The van der Waals surface area contributed by atoms with E-state index in [2.05, 4.69) is 114 Å². The van der Waals surface area contributed by atoms with Gasteiger partial charge in [0.05, 0.1) is 18.3 Å². The average Bonchev–Trinajstić information content (AvgIpc) is 3.39. The van der Waals surface area contributed by atoms with Crippen LogP contribution >= 0.6 is 21.6 Å². The first-order chi connectivity index (χ1) is 36.4. The van der Waals surface area contributed by atoms with Crippen LogP contribution in [0.3, 0.4) is 0 Å². The molecule has 0 aliphatic carbocycles. The van der Waals surface area contributed by atoms with E-state index in [-0.39, 0.29) is 24.3 Å². The van der Waals surface area contributed by atoms with Gasteiger partial charge in [-0.1, -0.05) is 192 Å². The molecular formula is C63H116N4O5S2. The molecule has 0 spiro atoms. The van der Waals surface area contributed by atoms with Crippen LogP contribution < -0.4 is 5.32 Å². The Balaban J connectivity index is 2.25. The van der Waals surface area contributed by atoms with Gasteiger partial charge >= 0.3 is 5.97 Å². The van der Waals surface area contributed by atoms with Crippen LogP contribution in [0.15, 0.2) is 72.9 Å². The van der Waals surface area contributed by atoms with Crippen molar-refractivity contribution in [2.75, 3.05) is 90.1 Å². The third-order valence-electron chi connectivity index (χ3n) is 13.7. The first kappa shape index (κ1) is 70.3. The van der Waals surface area contributed by atoms with Crippen molar-refractivity contribution in [3.8, 4) is 0 Å². The molecule has 0 amide bonds. The molecule has 74 heavy (non-hydrogen) atoms. The Hall–Kier alpha value is -1.67. The first-order valence-corrected chi connectivity index (χ1v) is 33.1. The monoisotopic (exact) mass is 1070 g/mol. The minimum absolute atomic E-state index is 0.0975. The molecule has 1 aliphatic heterocycles. The first-order valence-electron chi connectivity index (χ1n) is 30.6. The highest BCUT2D eigenvalue weighted by Gasteiger charge is 2.18. The van der Waals surface area contributed by atoms with E-state index in [4.69, 9.17) is 4.74 Å². The van der Waals surface area contributed by atoms with E-state index in [9.17, 15) is 20.1 Å². The summed E-state index contributed by atoms with van der Waals surface area (Å²) in [6.07, 6.45) is 58.4. The van der Waals surface area contributed by atoms with Crippen LogP contribution in [0.2, 0.25) is 0 Å². The highest BCUT2D eigenvalue weighted by Crippen LogP contribution is 2.23. The van der Waals surface area contributed by atoms with Gasteiger partial charge < -0.3 is 25.4 Å². The smallest absolute Gasteiger partial charge is 0.305 e. The number of unbranched alkanes of at least 4 members (excludes halogenated alkanes) is 15. The second-order valence-electron chi connectivity index (χ2n) is 20.8. The minimum atomic E-state index is -0.341. The topological polar surface area (TPSA) is 109 Å². The van der Waals surface area contributed by atoms with E-state index in [0.29, 0.717) is 32.7 Å². The van der Waals surface area contributed by atoms with Gasteiger partial charge in [0.2, 0.25) is 0 Å². The van der Waals surface area contributed by atoms with Gasteiger partial charge in [0.1, 0.15) is 6.61 Å². The fourth-order valence-electron chi connectivity index (χ4n) is 9.11. The Morgan fingerprint density at radius 2 is 1.00 bits per heavy atom. The molecule has 0 bridgehead atoms. The fourth-order valence-corrected chi connectivity index (χ4v) is 11.3. The van der Waals surface area contributed by atoms with E-state index >= 15 is 0 Å². The summed E-state index contributed by atoms with van der Waals surface area (Å²) < 4.78 is 5.56. The van der Waals surface area contributed by atoms with Crippen LogP contribution in [-0.4, -0.2) is 144 Å². The number of rotatable bonds is 54. The maximum Gasteiger partial charge on any atom is 0.305 e. The van der Waals surface area contributed by atoms with E-state index < -0.39 is 0 Å². The Morgan fingerprint density at radius 3 is 1.55 bits per heavy atom. The Kier molecular flexibility index (Phi) is 53.3. The number of aliphatic hydroxyl groups is 3. The highest BCUT2D eigenvalue weighted by molar-refractivity contribution is 8.76. The zero-order valence-corrected chi connectivity index (χ0v) is 49.7. The van der Waals surface area contributed by atoms with E-state index in [1.54, 1.807) is 0 Å². The maximum absolute atomic E-state index is 12.3. The molecule has 1 heterocycles. The number of aliphatic hydroxyl groups excluding tert-OH is 3. The summed E-state index contributed by atoms with van der Waals surface area (Å²) >= 11 is 0. The summed E-state index contributed by atoms with van der Waals surface area (Å²) in [6.45, 7) is 16.8. The van der Waals surface area contributed by atoms with Gasteiger partial charge in [-0.3, -0.25) is 19.5 Å². The summed E-state index contributed by atoms with van der Waals surface area (Å²) in [7, 11) is 3.97. The number of nitrogens with one attached hydrogen (secondary N) is 1. The summed E-state index contributed by atoms with van der Waals surface area (Å²) in [5.41, 5.74) is 0. The van der Waals surface area contributed by atoms with Crippen molar-refractivity contribution in [3.63, 3.8) is 0 Å². The van der Waals surface area contributed by atoms with E-state index in [1.807, 2.05) is 21.6 Å². The third-order valence-corrected chi connectivity index (χ3v) is 16.2. The molecule has 1 rings (SSSR count). The Morgan fingerprint density at radius 1 is 0.527 bits per heavy atom. The van der Waals surface area contributed by atoms with Crippen molar-refractivity contribution in [1.82, 2.24) is 20.0 Å². The quantitative estimate of drug-likeness (QED) is 0.0202. The molecule has 11 heteroatoms. The van der Waals surface area contributed by atoms with Crippen LogP contribution in [0.1, 0.15) is 213 Å². The molecule has 430 valence electrons. The minimum Gasteiger partial charge on any atom is -0.464 e. The Bertz CT molecular complexity index is 1330. The van der Waals surface area contributed by atoms with Gasteiger partial charge in [-0.15, -0.1) is 0 Å².